The highest BCUT2D eigenvalue weighted by Crippen LogP contribution is 2.29. The van der Waals surface area contributed by atoms with Gasteiger partial charge in [-0.1, -0.05) is 0 Å². The van der Waals surface area contributed by atoms with E-state index in [0.29, 0.717) is 23.9 Å². The van der Waals surface area contributed by atoms with Crippen molar-refractivity contribution >= 4 is 22.9 Å². The summed E-state index contributed by atoms with van der Waals surface area (Å²) in [5, 5.41) is 12.4. The molecular formula is C20H22N4O2S. The van der Waals surface area contributed by atoms with Gasteiger partial charge < -0.3 is 14.2 Å². The number of thiophene rings is 1. The van der Waals surface area contributed by atoms with Crippen molar-refractivity contribution in [2.75, 3.05) is 32.1 Å². The van der Waals surface area contributed by atoms with Crippen molar-refractivity contribution in [3.8, 4) is 11.5 Å². The minimum Gasteiger partial charge on any atom is -0.420 e. The standard InChI is InChI=1S/C20H22N4O2S/c1-23(2)17-7-5-14(6-8-17)20(25)24-10-3-4-15(12-24)18-21-22-19(26-18)16-9-11-27-13-16/h5-9,11,13,15H,3-4,10,12H2,1-2H3. The molecule has 3 aromatic rings. The van der Waals surface area contributed by atoms with E-state index in [0.717, 1.165) is 30.6 Å². The molecule has 7 heteroatoms. The van der Waals surface area contributed by atoms with Crippen LogP contribution in [-0.2, 0) is 0 Å². The van der Waals surface area contributed by atoms with Crippen LogP contribution >= 0.6 is 11.3 Å². The summed E-state index contributed by atoms with van der Waals surface area (Å²) in [6, 6.07) is 9.70. The van der Waals surface area contributed by atoms with Crippen molar-refractivity contribution in [1.82, 2.24) is 15.1 Å². The van der Waals surface area contributed by atoms with E-state index >= 15 is 0 Å². The van der Waals surface area contributed by atoms with E-state index in [1.807, 2.05) is 65.0 Å². The highest BCUT2D eigenvalue weighted by atomic mass is 32.1. The lowest BCUT2D eigenvalue weighted by atomic mass is 9.97. The number of nitrogens with zero attached hydrogens (tertiary/aromatic N) is 4. The molecule has 0 saturated carbocycles. The van der Waals surface area contributed by atoms with Crippen molar-refractivity contribution in [1.29, 1.82) is 0 Å². The maximum Gasteiger partial charge on any atom is 0.253 e. The molecule has 1 amide bonds. The van der Waals surface area contributed by atoms with Crippen molar-refractivity contribution in [3.63, 3.8) is 0 Å². The quantitative estimate of drug-likeness (QED) is 0.685. The van der Waals surface area contributed by atoms with E-state index in [9.17, 15) is 4.79 Å². The number of benzene rings is 1. The number of likely N-dealkylation sites (tertiary alicyclic amines) is 1. The number of carbonyl (C=O) groups excluding carboxylic acids is 1. The van der Waals surface area contributed by atoms with Crippen LogP contribution in [0.15, 0.2) is 45.5 Å². The summed E-state index contributed by atoms with van der Waals surface area (Å²) in [4.78, 5) is 16.8. The Bertz CT molecular complexity index is 902. The van der Waals surface area contributed by atoms with Gasteiger partial charge in [-0.25, -0.2) is 0 Å². The molecule has 1 saturated heterocycles. The Labute approximate surface area is 162 Å². The minimum absolute atomic E-state index is 0.0579. The number of anilines is 1. The molecule has 1 aromatic carbocycles. The van der Waals surface area contributed by atoms with Crippen molar-refractivity contribution < 1.29 is 9.21 Å². The Morgan fingerprint density at radius 1 is 1.22 bits per heavy atom. The maximum absolute atomic E-state index is 12.9. The van der Waals surface area contributed by atoms with Gasteiger partial charge in [-0.15, -0.1) is 10.2 Å². The van der Waals surface area contributed by atoms with Gasteiger partial charge >= 0.3 is 0 Å². The molecule has 1 fully saturated rings. The summed E-state index contributed by atoms with van der Waals surface area (Å²) < 4.78 is 5.88. The van der Waals surface area contributed by atoms with Crippen LogP contribution in [0, 0.1) is 0 Å². The fourth-order valence-electron chi connectivity index (χ4n) is 3.35. The second-order valence-electron chi connectivity index (χ2n) is 6.99. The zero-order valence-electron chi connectivity index (χ0n) is 15.5. The first-order valence-electron chi connectivity index (χ1n) is 9.04. The number of amides is 1. The molecule has 0 aliphatic carbocycles. The van der Waals surface area contributed by atoms with Crippen molar-refractivity contribution in [3.05, 3.63) is 52.5 Å². The Morgan fingerprint density at radius 2 is 2.04 bits per heavy atom. The van der Waals surface area contributed by atoms with E-state index in [4.69, 9.17) is 4.42 Å². The van der Waals surface area contributed by atoms with E-state index < -0.39 is 0 Å². The smallest absolute Gasteiger partial charge is 0.253 e. The van der Waals surface area contributed by atoms with Crippen LogP contribution in [0.3, 0.4) is 0 Å². The van der Waals surface area contributed by atoms with Crippen LogP contribution in [0.25, 0.3) is 11.5 Å². The molecule has 3 heterocycles. The zero-order chi connectivity index (χ0) is 18.8. The lowest BCUT2D eigenvalue weighted by Crippen LogP contribution is -2.39. The van der Waals surface area contributed by atoms with E-state index in [1.54, 1.807) is 11.3 Å². The van der Waals surface area contributed by atoms with Gasteiger partial charge in [0.1, 0.15) is 0 Å². The fourth-order valence-corrected chi connectivity index (χ4v) is 3.98. The molecule has 0 radical (unpaired) electrons. The Morgan fingerprint density at radius 3 is 2.74 bits per heavy atom. The number of hydrogen-bond donors (Lipinski definition) is 0. The molecule has 0 spiro atoms. The van der Waals surface area contributed by atoms with Gasteiger partial charge in [0.05, 0.1) is 5.92 Å². The van der Waals surface area contributed by atoms with Gasteiger partial charge in [0.25, 0.3) is 5.91 Å². The Balaban J connectivity index is 1.47. The van der Waals surface area contributed by atoms with Crippen LogP contribution in [-0.4, -0.2) is 48.2 Å². The Hall–Kier alpha value is -2.67. The van der Waals surface area contributed by atoms with Gasteiger partial charge in [-0.3, -0.25) is 4.79 Å². The predicted molar refractivity (Wildman–Crippen MR) is 106 cm³/mol. The van der Waals surface area contributed by atoms with Crippen LogP contribution in [0.4, 0.5) is 5.69 Å². The molecule has 2 aromatic heterocycles. The highest BCUT2D eigenvalue weighted by Gasteiger charge is 2.29. The maximum atomic E-state index is 12.9. The van der Waals surface area contributed by atoms with Crippen LogP contribution in [0.2, 0.25) is 0 Å². The predicted octanol–water partition coefficient (Wildman–Crippen LogP) is 3.88. The average Bonchev–Trinajstić information content (AvgIpc) is 3.39. The molecule has 1 aliphatic heterocycles. The van der Waals surface area contributed by atoms with Crippen LogP contribution in [0.1, 0.15) is 35.0 Å². The van der Waals surface area contributed by atoms with Crippen LogP contribution < -0.4 is 4.90 Å². The molecule has 140 valence electrons. The first-order chi connectivity index (χ1) is 13.1. The number of rotatable bonds is 4. The Kier molecular flexibility index (Phi) is 4.94. The second kappa shape index (κ2) is 7.52. The molecule has 1 atom stereocenters. The monoisotopic (exact) mass is 382 g/mol. The third-order valence-electron chi connectivity index (χ3n) is 4.90. The van der Waals surface area contributed by atoms with E-state index in [1.165, 1.54) is 0 Å². The van der Waals surface area contributed by atoms with Gasteiger partial charge in [-0.2, -0.15) is 11.3 Å². The summed E-state index contributed by atoms with van der Waals surface area (Å²) in [5.41, 5.74) is 2.74. The SMILES string of the molecule is CN(C)c1ccc(C(=O)N2CCCC(c3nnc(-c4ccsc4)o3)C2)cc1. The molecule has 0 N–H and O–H groups in total. The van der Waals surface area contributed by atoms with Crippen LogP contribution in [0.5, 0.6) is 0 Å². The molecule has 0 bridgehead atoms. The third-order valence-corrected chi connectivity index (χ3v) is 5.58. The van der Waals surface area contributed by atoms with Gasteiger partial charge in [-0.05, 0) is 48.6 Å². The molecular weight excluding hydrogens is 360 g/mol. The number of hydrogen-bond acceptors (Lipinski definition) is 6. The summed E-state index contributed by atoms with van der Waals surface area (Å²) in [5.74, 6) is 1.32. The first kappa shape index (κ1) is 17.7. The summed E-state index contributed by atoms with van der Waals surface area (Å²) in [6.45, 7) is 1.37. The first-order valence-corrected chi connectivity index (χ1v) is 9.99. The lowest BCUT2D eigenvalue weighted by molar-refractivity contribution is 0.0698. The largest absolute Gasteiger partial charge is 0.420 e. The molecule has 1 aliphatic rings. The summed E-state index contributed by atoms with van der Waals surface area (Å²) >= 11 is 1.60. The molecule has 6 nitrogen and oxygen atoms in total. The molecule has 1 unspecified atom stereocenters. The number of piperidine rings is 1. The summed E-state index contributed by atoms with van der Waals surface area (Å²) in [6.07, 6.45) is 1.89. The van der Waals surface area contributed by atoms with E-state index in [2.05, 4.69) is 10.2 Å². The second-order valence-corrected chi connectivity index (χ2v) is 7.77. The molecule has 27 heavy (non-hydrogen) atoms. The topological polar surface area (TPSA) is 62.5 Å². The van der Waals surface area contributed by atoms with E-state index in [-0.39, 0.29) is 11.8 Å². The average molecular weight is 382 g/mol. The minimum atomic E-state index is 0.0579. The zero-order valence-corrected chi connectivity index (χ0v) is 16.3. The normalized spacial score (nSPS) is 17.1. The van der Waals surface area contributed by atoms with Crippen molar-refractivity contribution in [2.24, 2.45) is 0 Å². The molecule has 4 rings (SSSR count). The number of carbonyl (C=O) groups is 1. The lowest BCUT2D eigenvalue weighted by Gasteiger charge is -2.31. The third kappa shape index (κ3) is 3.73. The fraction of sp³-hybridized carbons (Fsp3) is 0.350. The highest BCUT2D eigenvalue weighted by molar-refractivity contribution is 7.08. The van der Waals surface area contributed by atoms with Crippen molar-refractivity contribution in [2.45, 2.75) is 18.8 Å². The summed E-state index contributed by atoms with van der Waals surface area (Å²) in [7, 11) is 3.97. The van der Waals surface area contributed by atoms with Gasteiger partial charge in [0.15, 0.2) is 0 Å². The number of aromatic nitrogens is 2. The van der Waals surface area contributed by atoms with Gasteiger partial charge in [0, 0.05) is 49.4 Å². The van der Waals surface area contributed by atoms with Gasteiger partial charge in [0.2, 0.25) is 11.8 Å².